The second kappa shape index (κ2) is 12.9. The van der Waals surface area contributed by atoms with Gasteiger partial charge >= 0.3 is 0 Å². The maximum atomic E-state index is 12.0. The third kappa shape index (κ3) is 7.07. The fourth-order valence-corrected chi connectivity index (χ4v) is 4.85. The van der Waals surface area contributed by atoms with Crippen LogP contribution in [0.1, 0.15) is 44.9 Å². The second-order valence-corrected chi connectivity index (χ2v) is 9.70. The van der Waals surface area contributed by atoms with Gasteiger partial charge in [-0.05, 0) is 84.4 Å². The second-order valence-electron chi connectivity index (χ2n) is 9.70. The predicted molar refractivity (Wildman–Crippen MR) is 143 cm³/mol. The van der Waals surface area contributed by atoms with Crippen LogP contribution in [0.5, 0.6) is 11.5 Å². The maximum Gasteiger partial charge on any atom is 0.244 e. The van der Waals surface area contributed by atoms with Gasteiger partial charge < -0.3 is 29.9 Å². The smallest absolute Gasteiger partial charge is 0.244 e. The zero-order valence-corrected chi connectivity index (χ0v) is 21.9. The molecule has 36 heavy (non-hydrogen) atoms. The van der Waals surface area contributed by atoms with Gasteiger partial charge in [0.1, 0.15) is 5.82 Å². The number of hydrogen-bond donors (Lipinski definition) is 2. The molecule has 2 N–H and O–H groups in total. The first-order valence-electron chi connectivity index (χ1n) is 13.1. The molecule has 9 nitrogen and oxygen atoms in total. The van der Waals surface area contributed by atoms with E-state index in [2.05, 4.69) is 27.5 Å². The molecule has 2 aliphatic rings. The number of carbonyl (C=O) groups excluding carboxylic acids is 1. The molecule has 0 bridgehead atoms. The van der Waals surface area contributed by atoms with Crippen LogP contribution in [0.2, 0.25) is 0 Å². The fraction of sp³-hybridized carbons (Fsp3) is 0.593. The molecule has 4 rings (SSSR count). The molecule has 3 heterocycles. The molecule has 0 aliphatic carbocycles. The Labute approximate surface area is 214 Å². The number of nitrogens with zero attached hydrogens (tertiary/aromatic N) is 4. The Kier molecular flexibility index (Phi) is 9.35. The highest BCUT2D eigenvalue weighted by atomic mass is 16.5. The van der Waals surface area contributed by atoms with Gasteiger partial charge in [0.05, 0.1) is 25.8 Å². The molecule has 1 amide bonds. The van der Waals surface area contributed by atoms with E-state index in [-0.39, 0.29) is 12.5 Å². The van der Waals surface area contributed by atoms with Crippen LogP contribution in [0, 0.1) is 0 Å². The summed E-state index contributed by atoms with van der Waals surface area (Å²) in [5.41, 5.74) is 0.769. The lowest BCUT2D eigenvalue weighted by atomic mass is 10.1. The minimum absolute atomic E-state index is 0.164. The lowest BCUT2D eigenvalue weighted by Crippen LogP contribution is -2.37. The maximum absolute atomic E-state index is 12.0. The third-order valence-corrected chi connectivity index (χ3v) is 6.90. The average Bonchev–Trinajstić information content (AvgIpc) is 3.40. The molecule has 2 saturated heterocycles. The first kappa shape index (κ1) is 26.2. The van der Waals surface area contributed by atoms with Crippen molar-refractivity contribution in [2.75, 3.05) is 58.8 Å². The standard InChI is InChI=1S/C27H40N6O3/c1-4-8-26(34)28-19-25-30-22-18-24(36-16-7-13-33-11-5-6-12-33)23(35-3)17-21(22)27(31-25)29-20-9-14-32(2)15-10-20/h4,8,17-18,20H,5-7,9-16,19H2,1-3H3,(H,28,34)(H,29,30,31)/b8-4+. The van der Waals surface area contributed by atoms with Crippen LogP contribution >= 0.6 is 0 Å². The van der Waals surface area contributed by atoms with Crippen molar-refractivity contribution in [1.29, 1.82) is 0 Å². The number of benzene rings is 1. The molecule has 2 aromatic rings. The highest BCUT2D eigenvalue weighted by molar-refractivity contribution is 5.92. The average molecular weight is 497 g/mol. The number of rotatable bonds is 11. The number of anilines is 1. The van der Waals surface area contributed by atoms with Crippen molar-refractivity contribution in [3.05, 3.63) is 30.1 Å². The van der Waals surface area contributed by atoms with Gasteiger partial charge in [-0.25, -0.2) is 9.97 Å². The largest absolute Gasteiger partial charge is 0.493 e. The summed E-state index contributed by atoms with van der Waals surface area (Å²) in [7, 11) is 3.81. The van der Waals surface area contributed by atoms with Crippen LogP contribution in [0.15, 0.2) is 24.3 Å². The summed E-state index contributed by atoms with van der Waals surface area (Å²) in [4.78, 5) is 26.4. The molecular formula is C27H40N6O3. The molecule has 0 spiro atoms. The molecule has 0 saturated carbocycles. The SMILES string of the molecule is C/C=C/C(=O)NCc1nc(NC2CCN(C)CC2)c2cc(OC)c(OCCCN3CCCC3)cc2n1. The number of nitrogens with one attached hydrogen (secondary N) is 2. The summed E-state index contributed by atoms with van der Waals surface area (Å²) in [6.45, 7) is 8.22. The Bertz CT molecular complexity index is 1050. The zero-order chi connectivity index (χ0) is 25.3. The molecule has 2 fully saturated rings. The Morgan fingerprint density at radius 2 is 1.92 bits per heavy atom. The molecule has 1 aromatic carbocycles. The number of ether oxygens (including phenoxy) is 2. The summed E-state index contributed by atoms with van der Waals surface area (Å²) in [6.07, 6.45) is 8.86. The molecular weight excluding hydrogens is 456 g/mol. The van der Waals surface area contributed by atoms with Crippen LogP contribution in [0.4, 0.5) is 5.82 Å². The lowest BCUT2D eigenvalue weighted by molar-refractivity contribution is -0.116. The number of piperidine rings is 1. The summed E-state index contributed by atoms with van der Waals surface area (Å²) in [6, 6.07) is 4.23. The van der Waals surface area contributed by atoms with Crippen molar-refractivity contribution in [3.8, 4) is 11.5 Å². The molecule has 0 atom stereocenters. The number of methoxy groups -OCH3 is 1. The van der Waals surface area contributed by atoms with E-state index in [0.29, 0.717) is 30.0 Å². The lowest BCUT2D eigenvalue weighted by Gasteiger charge is -2.30. The minimum Gasteiger partial charge on any atom is -0.493 e. The molecule has 9 heteroatoms. The highest BCUT2D eigenvalue weighted by Crippen LogP contribution is 2.35. The predicted octanol–water partition coefficient (Wildman–Crippen LogP) is 3.20. The van der Waals surface area contributed by atoms with Crippen molar-refractivity contribution in [2.45, 2.75) is 51.6 Å². The van der Waals surface area contributed by atoms with Crippen molar-refractivity contribution in [3.63, 3.8) is 0 Å². The van der Waals surface area contributed by atoms with Crippen LogP contribution in [0.25, 0.3) is 10.9 Å². The van der Waals surface area contributed by atoms with Gasteiger partial charge in [0.25, 0.3) is 0 Å². The molecule has 1 aromatic heterocycles. The van der Waals surface area contributed by atoms with E-state index in [1.165, 1.54) is 32.0 Å². The number of fused-ring (bicyclic) bond motifs is 1. The Balaban J connectivity index is 1.55. The quantitative estimate of drug-likeness (QED) is 0.362. The van der Waals surface area contributed by atoms with Gasteiger partial charge in [-0.3, -0.25) is 4.79 Å². The van der Waals surface area contributed by atoms with Crippen molar-refractivity contribution < 1.29 is 14.3 Å². The topological polar surface area (TPSA) is 91.9 Å². The van der Waals surface area contributed by atoms with E-state index < -0.39 is 0 Å². The van der Waals surface area contributed by atoms with E-state index in [1.54, 1.807) is 13.2 Å². The number of allylic oxidation sites excluding steroid dienone is 1. The number of hydrogen-bond acceptors (Lipinski definition) is 8. The number of aromatic nitrogens is 2. The van der Waals surface area contributed by atoms with E-state index >= 15 is 0 Å². The van der Waals surface area contributed by atoms with Gasteiger partial charge in [-0.2, -0.15) is 0 Å². The molecule has 2 aliphatic heterocycles. The van der Waals surface area contributed by atoms with Crippen molar-refractivity contribution >= 4 is 22.6 Å². The zero-order valence-electron chi connectivity index (χ0n) is 21.9. The number of likely N-dealkylation sites (tertiary alicyclic amines) is 2. The normalized spacial score (nSPS) is 17.6. The molecule has 0 radical (unpaired) electrons. The minimum atomic E-state index is -0.164. The van der Waals surface area contributed by atoms with Gasteiger partial charge in [0.2, 0.25) is 5.91 Å². The van der Waals surface area contributed by atoms with Gasteiger partial charge in [0.15, 0.2) is 17.3 Å². The fourth-order valence-electron chi connectivity index (χ4n) is 4.85. The Hall–Kier alpha value is -2.91. The summed E-state index contributed by atoms with van der Waals surface area (Å²) in [5.74, 6) is 2.51. The Morgan fingerprint density at radius 1 is 1.14 bits per heavy atom. The monoisotopic (exact) mass is 496 g/mol. The van der Waals surface area contributed by atoms with E-state index in [4.69, 9.17) is 19.4 Å². The summed E-state index contributed by atoms with van der Waals surface area (Å²) in [5, 5.41) is 7.39. The summed E-state index contributed by atoms with van der Waals surface area (Å²) < 4.78 is 11.8. The Morgan fingerprint density at radius 3 is 2.64 bits per heavy atom. The first-order chi connectivity index (χ1) is 17.6. The summed E-state index contributed by atoms with van der Waals surface area (Å²) >= 11 is 0. The highest BCUT2D eigenvalue weighted by Gasteiger charge is 2.20. The van der Waals surface area contributed by atoms with Crippen molar-refractivity contribution in [1.82, 2.24) is 25.1 Å². The number of amides is 1. The third-order valence-electron chi connectivity index (χ3n) is 6.90. The molecule has 196 valence electrons. The van der Waals surface area contributed by atoms with Crippen molar-refractivity contribution in [2.24, 2.45) is 0 Å². The van der Waals surface area contributed by atoms with E-state index in [1.807, 2.05) is 19.1 Å². The van der Waals surface area contributed by atoms with Gasteiger partial charge in [-0.1, -0.05) is 6.08 Å². The van der Waals surface area contributed by atoms with Crippen LogP contribution < -0.4 is 20.1 Å². The first-order valence-corrected chi connectivity index (χ1v) is 13.1. The van der Waals surface area contributed by atoms with E-state index in [0.717, 1.165) is 55.6 Å². The van der Waals surface area contributed by atoms with Crippen LogP contribution in [-0.4, -0.2) is 85.2 Å². The van der Waals surface area contributed by atoms with E-state index in [9.17, 15) is 4.79 Å². The van der Waals surface area contributed by atoms with Gasteiger partial charge in [-0.15, -0.1) is 0 Å². The molecule has 0 unspecified atom stereocenters. The van der Waals surface area contributed by atoms with Gasteiger partial charge in [0, 0.05) is 24.0 Å². The van der Waals surface area contributed by atoms with Crippen LogP contribution in [0.3, 0.4) is 0 Å². The number of carbonyl (C=O) groups is 1. The van der Waals surface area contributed by atoms with Crippen LogP contribution in [-0.2, 0) is 11.3 Å².